The highest BCUT2D eigenvalue weighted by molar-refractivity contribution is 5.95. The minimum absolute atomic E-state index is 0.0164. The molecule has 2 heterocycles. The molecule has 3 aromatic rings. The van der Waals surface area contributed by atoms with E-state index in [1.54, 1.807) is 18.2 Å². The van der Waals surface area contributed by atoms with Crippen molar-refractivity contribution in [1.29, 1.82) is 0 Å². The summed E-state index contributed by atoms with van der Waals surface area (Å²) in [5.41, 5.74) is 1.10. The number of nitrogens with zero attached hydrogens (tertiary/aromatic N) is 1. The first-order valence-electron chi connectivity index (χ1n) is 8.70. The second-order valence-electron chi connectivity index (χ2n) is 6.53. The Morgan fingerprint density at radius 1 is 1.10 bits per heavy atom. The summed E-state index contributed by atoms with van der Waals surface area (Å²) in [5, 5.41) is 2.45. The second-order valence-corrected chi connectivity index (χ2v) is 6.53. The molecule has 1 amide bonds. The van der Waals surface area contributed by atoms with Gasteiger partial charge in [0.15, 0.2) is 6.10 Å². The number of anilines is 1. The van der Waals surface area contributed by atoms with E-state index in [0.29, 0.717) is 16.7 Å². The minimum atomic E-state index is -4.51. The van der Waals surface area contributed by atoms with Crippen molar-refractivity contribution in [3.8, 4) is 17.0 Å². The van der Waals surface area contributed by atoms with E-state index < -0.39 is 29.6 Å². The molecule has 8 heteroatoms. The van der Waals surface area contributed by atoms with E-state index in [-0.39, 0.29) is 18.0 Å². The molecule has 1 aromatic heterocycles. The normalized spacial score (nSPS) is 15.5. The fourth-order valence-corrected chi connectivity index (χ4v) is 3.20. The molecule has 4 nitrogen and oxygen atoms in total. The van der Waals surface area contributed by atoms with Gasteiger partial charge in [-0.25, -0.2) is 9.37 Å². The number of pyridine rings is 1. The molecule has 4 rings (SSSR count). The van der Waals surface area contributed by atoms with Crippen molar-refractivity contribution >= 4 is 11.6 Å². The molecule has 1 aliphatic rings. The Morgan fingerprint density at radius 2 is 1.90 bits per heavy atom. The Bertz CT molecular complexity index is 1080. The van der Waals surface area contributed by atoms with Gasteiger partial charge in [0.05, 0.1) is 5.56 Å². The summed E-state index contributed by atoms with van der Waals surface area (Å²) in [7, 11) is 0. The molecule has 0 radical (unpaired) electrons. The third-order valence-electron chi connectivity index (χ3n) is 4.55. The third-order valence-corrected chi connectivity index (χ3v) is 4.55. The molecule has 1 unspecified atom stereocenters. The third kappa shape index (κ3) is 3.91. The van der Waals surface area contributed by atoms with Crippen LogP contribution in [0.5, 0.6) is 5.88 Å². The summed E-state index contributed by atoms with van der Waals surface area (Å²) in [6, 6.07) is 12.1. The van der Waals surface area contributed by atoms with Gasteiger partial charge in [0, 0.05) is 23.9 Å². The summed E-state index contributed by atoms with van der Waals surface area (Å²) >= 11 is 0. The van der Waals surface area contributed by atoms with Crippen molar-refractivity contribution < 1.29 is 27.1 Å². The largest absolute Gasteiger partial charge is 0.464 e. The van der Waals surface area contributed by atoms with Crippen LogP contribution in [0.15, 0.2) is 60.8 Å². The summed E-state index contributed by atoms with van der Waals surface area (Å²) in [6.07, 6.45) is -3.81. The highest BCUT2D eigenvalue weighted by Gasteiger charge is 2.33. The minimum Gasteiger partial charge on any atom is -0.464 e. The second kappa shape index (κ2) is 7.20. The average molecular weight is 402 g/mol. The number of hydrogen-bond donors (Lipinski definition) is 1. The Kier molecular flexibility index (Phi) is 4.70. The van der Waals surface area contributed by atoms with E-state index in [9.17, 15) is 22.4 Å². The van der Waals surface area contributed by atoms with Crippen LogP contribution in [0.2, 0.25) is 0 Å². The molecule has 0 saturated heterocycles. The maximum atomic E-state index is 13.6. The van der Waals surface area contributed by atoms with Gasteiger partial charge in [0.2, 0.25) is 5.88 Å². The first kappa shape index (κ1) is 18.9. The SMILES string of the molecule is O=C(Nc1cccc(C(F)(F)F)c1)C1Cc2c(-c3cccc(F)c3)ccnc2O1. The summed E-state index contributed by atoms with van der Waals surface area (Å²) in [4.78, 5) is 16.7. The number of carbonyl (C=O) groups is 1. The number of nitrogens with one attached hydrogen (secondary N) is 1. The molecule has 0 fully saturated rings. The maximum absolute atomic E-state index is 13.6. The predicted octanol–water partition coefficient (Wildman–Crippen LogP) is 4.85. The van der Waals surface area contributed by atoms with Crippen LogP contribution in [0.3, 0.4) is 0 Å². The number of halogens is 4. The van der Waals surface area contributed by atoms with Crippen LogP contribution in [-0.2, 0) is 17.4 Å². The van der Waals surface area contributed by atoms with E-state index >= 15 is 0 Å². The number of benzene rings is 2. The smallest absolute Gasteiger partial charge is 0.416 e. The molecule has 1 aliphatic heterocycles. The first-order chi connectivity index (χ1) is 13.8. The summed E-state index contributed by atoms with van der Waals surface area (Å²) in [6.45, 7) is 0. The van der Waals surface area contributed by atoms with Crippen LogP contribution >= 0.6 is 0 Å². The zero-order valence-electron chi connectivity index (χ0n) is 14.8. The van der Waals surface area contributed by atoms with E-state index in [1.165, 1.54) is 30.5 Å². The molecular weight excluding hydrogens is 388 g/mol. The Hall–Kier alpha value is -3.42. The van der Waals surface area contributed by atoms with E-state index in [4.69, 9.17) is 4.74 Å². The van der Waals surface area contributed by atoms with Crippen molar-refractivity contribution in [3.05, 3.63) is 77.7 Å². The highest BCUT2D eigenvalue weighted by atomic mass is 19.4. The standard InChI is InChI=1S/C21H14F4N2O2/c22-14-5-1-3-12(9-14)16-7-8-26-20-17(16)11-18(29-20)19(28)27-15-6-2-4-13(10-15)21(23,24)25/h1-10,18H,11H2,(H,27,28). The van der Waals surface area contributed by atoms with Crippen molar-refractivity contribution in [3.63, 3.8) is 0 Å². The molecule has 1 atom stereocenters. The topological polar surface area (TPSA) is 51.2 Å². The predicted molar refractivity (Wildman–Crippen MR) is 97.8 cm³/mol. The lowest BCUT2D eigenvalue weighted by atomic mass is 9.98. The Balaban J connectivity index is 1.54. The highest BCUT2D eigenvalue weighted by Crippen LogP contribution is 2.36. The molecule has 0 bridgehead atoms. The molecule has 29 heavy (non-hydrogen) atoms. The number of amides is 1. The van der Waals surface area contributed by atoms with Gasteiger partial charge in [0.25, 0.3) is 5.91 Å². The zero-order chi connectivity index (χ0) is 20.6. The lowest BCUT2D eigenvalue weighted by molar-refractivity contribution is -0.137. The van der Waals surface area contributed by atoms with E-state index in [2.05, 4.69) is 10.3 Å². The average Bonchev–Trinajstić information content (AvgIpc) is 3.12. The molecule has 1 N–H and O–H groups in total. The number of fused-ring (bicyclic) bond motifs is 1. The van der Waals surface area contributed by atoms with Gasteiger partial charge in [-0.05, 0) is 47.5 Å². The van der Waals surface area contributed by atoms with E-state index in [1.807, 2.05) is 0 Å². The maximum Gasteiger partial charge on any atom is 0.416 e. The number of aromatic nitrogens is 1. The van der Waals surface area contributed by atoms with Crippen LogP contribution in [0.1, 0.15) is 11.1 Å². The Morgan fingerprint density at radius 3 is 2.66 bits per heavy atom. The van der Waals surface area contributed by atoms with Crippen molar-refractivity contribution in [2.45, 2.75) is 18.7 Å². The van der Waals surface area contributed by atoms with Crippen molar-refractivity contribution in [2.24, 2.45) is 0 Å². The van der Waals surface area contributed by atoms with Crippen molar-refractivity contribution in [2.75, 3.05) is 5.32 Å². The van der Waals surface area contributed by atoms with Crippen LogP contribution in [0, 0.1) is 5.82 Å². The number of hydrogen-bond acceptors (Lipinski definition) is 3. The molecule has 0 saturated carbocycles. The summed E-state index contributed by atoms with van der Waals surface area (Å²) < 4.78 is 57.7. The lowest BCUT2D eigenvalue weighted by Crippen LogP contribution is -2.31. The van der Waals surface area contributed by atoms with Gasteiger partial charge in [-0.3, -0.25) is 4.79 Å². The fourth-order valence-electron chi connectivity index (χ4n) is 3.20. The monoisotopic (exact) mass is 402 g/mol. The number of carbonyl (C=O) groups excluding carboxylic acids is 1. The first-order valence-corrected chi connectivity index (χ1v) is 8.70. The fraction of sp³-hybridized carbons (Fsp3) is 0.143. The van der Waals surface area contributed by atoms with Gasteiger partial charge in [-0.15, -0.1) is 0 Å². The zero-order valence-corrected chi connectivity index (χ0v) is 14.8. The molecule has 2 aromatic carbocycles. The quantitative estimate of drug-likeness (QED) is 0.638. The molecule has 0 aliphatic carbocycles. The van der Waals surface area contributed by atoms with Gasteiger partial charge < -0.3 is 10.1 Å². The van der Waals surface area contributed by atoms with Gasteiger partial charge >= 0.3 is 6.18 Å². The number of ether oxygens (including phenoxy) is 1. The molecule has 148 valence electrons. The van der Waals surface area contributed by atoms with Gasteiger partial charge in [-0.2, -0.15) is 13.2 Å². The Labute approximate surface area is 163 Å². The molecule has 0 spiro atoms. The molecular formula is C21H14F4N2O2. The van der Waals surface area contributed by atoms with Crippen LogP contribution in [0.25, 0.3) is 11.1 Å². The van der Waals surface area contributed by atoms with Crippen LogP contribution in [-0.4, -0.2) is 17.0 Å². The van der Waals surface area contributed by atoms with Gasteiger partial charge in [-0.1, -0.05) is 18.2 Å². The summed E-state index contributed by atoms with van der Waals surface area (Å²) in [5.74, 6) is -0.741. The van der Waals surface area contributed by atoms with Gasteiger partial charge in [0.1, 0.15) is 5.82 Å². The number of alkyl halides is 3. The lowest BCUT2D eigenvalue weighted by Gasteiger charge is -2.12. The van der Waals surface area contributed by atoms with Crippen LogP contribution in [0.4, 0.5) is 23.2 Å². The number of rotatable bonds is 3. The van der Waals surface area contributed by atoms with Crippen LogP contribution < -0.4 is 10.1 Å². The van der Waals surface area contributed by atoms with Crippen molar-refractivity contribution in [1.82, 2.24) is 4.98 Å². The van der Waals surface area contributed by atoms with E-state index in [0.717, 1.165) is 12.1 Å².